The van der Waals surface area contributed by atoms with Gasteiger partial charge in [-0.2, -0.15) is 0 Å². The molecular weight excluding hydrogens is 392 g/mol. The second kappa shape index (κ2) is 7.80. The van der Waals surface area contributed by atoms with Gasteiger partial charge in [-0.15, -0.1) is 10.2 Å². The van der Waals surface area contributed by atoms with E-state index < -0.39 is 5.91 Å². The Morgan fingerprint density at radius 1 is 1.14 bits per heavy atom. The highest BCUT2D eigenvalue weighted by molar-refractivity contribution is 7.13. The molecule has 2 heterocycles. The molecule has 0 unspecified atom stereocenters. The molecule has 8 nitrogen and oxygen atoms in total. The van der Waals surface area contributed by atoms with E-state index in [9.17, 15) is 14.4 Å². The number of benzene rings is 2. The predicted octanol–water partition coefficient (Wildman–Crippen LogP) is 2.99. The van der Waals surface area contributed by atoms with Gasteiger partial charge in [0.15, 0.2) is 0 Å². The Bertz CT molecular complexity index is 1060. The molecule has 0 saturated carbocycles. The summed E-state index contributed by atoms with van der Waals surface area (Å²) < 4.78 is 5.55. The van der Waals surface area contributed by atoms with Gasteiger partial charge in [0.05, 0.1) is 29.8 Å². The number of nitrogens with one attached hydrogen (secondary N) is 1. The summed E-state index contributed by atoms with van der Waals surface area (Å²) >= 11 is 1.20. The van der Waals surface area contributed by atoms with Crippen LogP contribution in [0.2, 0.25) is 0 Å². The van der Waals surface area contributed by atoms with E-state index in [1.54, 1.807) is 42.5 Å². The summed E-state index contributed by atoms with van der Waals surface area (Å²) in [5.74, 6) is -0.700. The number of aromatic nitrogens is 2. The van der Waals surface area contributed by atoms with Crippen molar-refractivity contribution in [2.75, 3.05) is 11.9 Å². The molecule has 1 aliphatic heterocycles. The van der Waals surface area contributed by atoms with Crippen LogP contribution in [-0.2, 0) is 6.54 Å². The Labute approximate surface area is 170 Å². The van der Waals surface area contributed by atoms with Gasteiger partial charge >= 0.3 is 0 Å². The number of carbonyl (C=O) groups is 3. The lowest BCUT2D eigenvalue weighted by atomic mass is 10.1. The Hall–Kier alpha value is -3.59. The van der Waals surface area contributed by atoms with Gasteiger partial charge in [0.25, 0.3) is 17.7 Å². The van der Waals surface area contributed by atoms with Crippen molar-refractivity contribution in [1.29, 1.82) is 0 Å². The number of anilines is 1. The van der Waals surface area contributed by atoms with Crippen molar-refractivity contribution in [3.63, 3.8) is 0 Å². The highest BCUT2D eigenvalue weighted by Crippen LogP contribution is 2.27. The molecule has 0 fully saturated rings. The first kappa shape index (κ1) is 18.8. The average Bonchev–Trinajstić information content (AvgIpc) is 3.32. The summed E-state index contributed by atoms with van der Waals surface area (Å²) in [4.78, 5) is 39.1. The van der Waals surface area contributed by atoms with Crippen LogP contribution < -0.4 is 10.1 Å². The van der Waals surface area contributed by atoms with Crippen molar-refractivity contribution < 1.29 is 19.1 Å². The lowest BCUT2D eigenvalue weighted by Crippen LogP contribution is -2.29. The Morgan fingerprint density at radius 2 is 1.86 bits per heavy atom. The van der Waals surface area contributed by atoms with Gasteiger partial charge < -0.3 is 4.74 Å². The van der Waals surface area contributed by atoms with Crippen LogP contribution in [0.4, 0.5) is 5.13 Å². The van der Waals surface area contributed by atoms with Crippen molar-refractivity contribution in [2.45, 2.75) is 13.5 Å². The van der Waals surface area contributed by atoms with Crippen LogP contribution in [0.5, 0.6) is 5.75 Å². The van der Waals surface area contributed by atoms with E-state index in [1.807, 2.05) is 6.92 Å². The SMILES string of the molecule is CCOc1ccc(CN2C(=O)c3ccccc3C2=O)cc1C(=O)Nc1nncs1. The number of hydrogen-bond acceptors (Lipinski definition) is 7. The Morgan fingerprint density at radius 3 is 2.48 bits per heavy atom. The van der Waals surface area contributed by atoms with E-state index in [0.717, 1.165) is 0 Å². The molecule has 1 aliphatic rings. The molecule has 3 amide bonds. The van der Waals surface area contributed by atoms with Crippen molar-refractivity contribution >= 4 is 34.2 Å². The summed E-state index contributed by atoms with van der Waals surface area (Å²) in [6, 6.07) is 11.7. The predicted molar refractivity (Wildman–Crippen MR) is 106 cm³/mol. The van der Waals surface area contributed by atoms with Crippen molar-refractivity contribution in [3.05, 3.63) is 70.2 Å². The molecular formula is C20H16N4O4S. The second-order valence-electron chi connectivity index (χ2n) is 6.20. The molecule has 1 N–H and O–H groups in total. The molecule has 2 aromatic carbocycles. The first-order valence-electron chi connectivity index (χ1n) is 8.87. The quantitative estimate of drug-likeness (QED) is 0.629. The minimum Gasteiger partial charge on any atom is -0.493 e. The van der Waals surface area contributed by atoms with Crippen LogP contribution in [0, 0.1) is 0 Å². The molecule has 0 spiro atoms. The molecule has 29 heavy (non-hydrogen) atoms. The van der Waals surface area contributed by atoms with Gasteiger partial charge in [0.2, 0.25) is 5.13 Å². The van der Waals surface area contributed by atoms with Crippen molar-refractivity contribution in [3.8, 4) is 5.75 Å². The van der Waals surface area contributed by atoms with Crippen LogP contribution in [0.1, 0.15) is 43.6 Å². The fourth-order valence-electron chi connectivity index (χ4n) is 3.09. The highest BCUT2D eigenvalue weighted by Gasteiger charge is 2.35. The third-order valence-corrected chi connectivity index (χ3v) is 4.99. The topological polar surface area (TPSA) is 101 Å². The number of fused-ring (bicyclic) bond motifs is 1. The van der Waals surface area contributed by atoms with Gasteiger partial charge in [0, 0.05) is 0 Å². The zero-order valence-corrected chi connectivity index (χ0v) is 16.2. The first-order valence-corrected chi connectivity index (χ1v) is 9.75. The van der Waals surface area contributed by atoms with Gasteiger partial charge in [-0.25, -0.2) is 0 Å². The van der Waals surface area contributed by atoms with Crippen LogP contribution in [0.15, 0.2) is 48.0 Å². The summed E-state index contributed by atoms with van der Waals surface area (Å²) in [6.07, 6.45) is 0. The number of amides is 3. The Kier molecular flexibility index (Phi) is 5.05. The largest absolute Gasteiger partial charge is 0.493 e. The van der Waals surface area contributed by atoms with Crippen molar-refractivity contribution in [1.82, 2.24) is 15.1 Å². The smallest absolute Gasteiger partial charge is 0.261 e. The van der Waals surface area contributed by atoms with E-state index in [0.29, 0.717) is 34.2 Å². The van der Waals surface area contributed by atoms with Crippen LogP contribution in [-0.4, -0.2) is 39.4 Å². The highest BCUT2D eigenvalue weighted by atomic mass is 32.1. The number of rotatable bonds is 6. The van der Waals surface area contributed by atoms with Gasteiger partial charge in [0.1, 0.15) is 11.3 Å². The van der Waals surface area contributed by atoms with E-state index >= 15 is 0 Å². The molecule has 0 radical (unpaired) electrons. The molecule has 0 saturated heterocycles. The summed E-state index contributed by atoms with van der Waals surface area (Å²) in [5.41, 5.74) is 3.20. The van der Waals surface area contributed by atoms with Crippen LogP contribution in [0.3, 0.4) is 0 Å². The molecule has 0 bridgehead atoms. The maximum atomic E-state index is 12.7. The summed E-state index contributed by atoms with van der Waals surface area (Å²) in [7, 11) is 0. The van der Waals surface area contributed by atoms with Gasteiger partial charge in [-0.1, -0.05) is 29.5 Å². The lowest BCUT2D eigenvalue weighted by molar-refractivity contribution is 0.0642. The lowest BCUT2D eigenvalue weighted by Gasteiger charge is -2.16. The van der Waals surface area contributed by atoms with E-state index in [2.05, 4.69) is 15.5 Å². The van der Waals surface area contributed by atoms with E-state index in [4.69, 9.17) is 4.74 Å². The first-order chi connectivity index (χ1) is 14.1. The molecule has 3 aromatic rings. The molecule has 0 aliphatic carbocycles. The summed E-state index contributed by atoms with van der Waals surface area (Å²) in [5, 5.41) is 10.5. The third kappa shape index (κ3) is 3.59. The maximum Gasteiger partial charge on any atom is 0.261 e. The third-order valence-electron chi connectivity index (χ3n) is 4.39. The standard InChI is InChI=1S/C20H16N4O4S/c1-2-28-16-8-7-12(9-15(16)17(25)22-20-23-21-11-29-20)10-24-18(26)13-5-3-4-6-14(13)19(24)27/h3-9,11H,2,10H2,1H3,(H,22,23,25). The maximum absolute atomic E-state index is 12.7. The fourth-order valence-corrected chi connectivity index (χ4v) is 3.53. The number of imide groups is 1. The summed E-state index contributed by atoms with van der Waals surface area (Å²) in [6.45, 7) is 2.26. The van der Waals surface area contributed by atoms with Crippen LogP contribution >= 0.6 is 11.3 Å². The molecule has 1 aromatic heterocycles. The average molecular weight is 408 g/mol. The van der Waals surface area contributed by atoms with E-state index in [-0.39, 0.29) is 23.9 Å². The molecule has 9 heteroatoms. The number of ether oxygens (including phenoxy) is 1. The van der Waals surface area contributed by atoms with Crippen LogP contribution in [0.25, 0.3) is 0 Å². The van der Waals surface area contributed by atoms with Crippen molar-refractivity contribution in [2.24, 2.45) is 0 Å². The second-order valence-corrected chi connectivity index (χ2v) is 7.04. The zero-order chi connectivity index (χ0) is 20.4. The molecule has 146 valence electrons. The minimum absolute atomic E-state index is 0.0534. The Balaban J connectivity index is 1.61. The zero-order valence-electron chi connectivity index (χ0n) is 15.4. The van der Waals surface area contributed by atoms with Gasteiger partial charge in [-0.3, -0.25) is 24.6 Å². The number of carbonyl (C=O) groups excluding carboxylic acids is 3. The number of nitrogens with zero attached hydrogens (tertiary/aromatic N) is 3. The number of hydrogen-bond donors (Lipinski definition) is 1. The van der Waals surface area contributed by atoms with E-state index in [1.165, 1.54) is 21.7 Å². The van der Waals surface area contributed by atoms with Gasteiger partial charge in [-0.05, 0) is 36.8 Å². The monoisotopic (exact) mass is 408 g/mol. The molecule has 0 atom stereocenters. The minimum atomic E-state index is -0.408. The normalized spacial score (nSPS) is 12.8. The fraction of sp³-hybridized carbons (Fsp3) is 0.150. The molecule has 4 rings (SSSR count).